The van der Waals surface area contributed by atoms with Crippen LogP contribution in [0.5, 0.6) is 11.5 Å². The number of carbonyl (C=O) groups excluding carboxylic acids is 2. The Bertz CT molecular complexity index is 687. The Hall–Kier alpha value is -2.50. The van der Waals surface area contributed by atoms with E-state index in [4.69, 9.17) is 14.2 Å². The van der Waals surface area contributed by atoms with Gasteiger partial charge in [0.15, 0.2) is 17.8 Å². The smallest absolute Gasteiger partial charge is 0.355 e. The molecule has 0 fully saturated rings. The quantitative estimate of drug-likeness (QED) is 0.629. The number of fused-ring (bicyclic) bond motifs is 1. The van der Waals surface area contributed by atoms with Crippen molar-refractivity contribution < 1.29 is 23.8 Å². The van der Waals surface area contributed by atoms with Crippen LogP contribution in [0, 0.1) is 0 Å². The number of methoxy groups -OCH3 is 3. The number of aryl methyl sites for hydroxylation is 1. The number of rotatable bonds is 4. The molecule has 106 valence electrons. The molecule has 6 nitrogen and oxygen atoms in total. The van der Waals surface area contributed by atoms with Gasteiger partial charge >= 0.3 is 5.97 Å². The molecule has 0 saturated carbocycles. The third-order valence-corrected chi connectivity index (χ3v) is 3.24. The summed E-state index contributed by atoms with van der Waals surface area (Å²) in [6.45, 7) is 0. The summed E-state index contributed by atoms with van der Waals surface area (Å²) in [5, 5.41) is 0.612. The van der Waals surface area contributed by atoms with Crippen molar-refractivity contribution in [1.29, 1.82) is 0 Å². The molecular formula is C14H15NO5. The molecule has 20 heavy (non-hydrogen) atoms. The molecule has 1 aromatic carbocycles. The molecule has 0 radical (unpaired) electrons. The number of hydrogen-bond acceptors (Lipinski definition) is 5. The largest absolute Gasteiger partial charge is 0.493 e. The number of aldehydes is 1. The molecular weight excluding hydrogens is 262 g/mol. The summed E-state index contributed by atoms with van der Waals surface area (Å²) in [5.41, 5.74) is 1.16. The number of esters is 1. The fraction of sp³-hybridized carbons (Fsp3) is 0.286. The fourth-order valence-electron chi connectivity index (χ4n) is 2.25. The third-order valence-electron chi connectivity index (χ3n) is 3.24. The summed E-state index contributed by atoms with van der Waals surface area (Å²) in [4.78, 5) is 23.2. The average Bonchev–Trinajstić information content (AvgIpc) is 2.76. The van der Waals surface area contributed by atoms with Crippen molar-refractivity contribution >= 4 is 23.2 Å². The van der Waals surface area contributed by atoms with Gasteiger partial charge in [-0.3, -0.25) is 4.79 Å². The Morgan fingerprint density at radius 1 is 1.15 bits per heavy atom. The van der Waals surface area contributed by atoms with Crippen LogP contribution in [0.25, 0.3) is 10.9 Å². The highest BCUT2D eigenvalue weighted by atomic mass is 16.5. The predicted molar refractivity (Wildman–Crippen MR) is 72.8 cm³/mol. The molecule has 1 heterocycles. The second-order valence-electron chi connectivity index (χ2n) is 4.16. The van der Waals surface area contributed by atoms with Gasteiger partial charge in [-0.15, -0.1) is 0 Å². The van der Waals surface area contributed by atoms with Crippen LogP contribution in [-0.2, 0) is 11.8 Å². The lowest BCUT2D eigenvalue weighted by molar-refractivity contribution is 0.0588. The maximum Gasteiger partial charge on any atom is 0.355 e. The first-order valence-corrected chi connectivity index (χ1v) is 5.86. The van der Waals surface area contributed by atoms with Crippen LogP contribution in [0.3, 0.4) is 0 Å². The van der Waals surface area contributed by atoms with E-state index < -0.39 is 5.97 Å². The van der Waals surface area contributed by atoms with Gasteiger partial charge < -0.3 is 18.8 Å². The van der Waals surface area contributed by atoms with E-state index in [9.17, 15) is 9.59 Å². The van der Waals surface area contributed by atoms with Gasteiger partial charge in [0.25, 0.3) is 0 Å². The molecule has 0 spiro atoms. The van der Waals surface area contributed by atoms with E-state index >= 15 is 0 Å². The van der Waals surface area contributed by atoms with Crippen LogP contribution in [0.4, 0.5) is 0 Å². The SMILES string of the molecule is COC(=O)c1c(C=O)c2cc(OC)c(OC)cc2n1C. The zero-order chi connectivity index (χ0) is 14.9. The van der Waals surface area contributed by atoms with Crippen molar-refractivity contribution in [1.82, 2.24) is 4.57 Å². The van der Waals surface area contributed by atoms with Crippen LogP contribution >= 0.6 is 0 Å². The van der Waals surface area contributed by atoms with Crippen molar-refractivity contribution in [3.8, 4) is 11.5 Å². The van der Waals surface area contributed by atoms with Gasteiger partial charge in [0.2, 0.25) is 0 Å². The number of benzene rings is 1. The maximum atomic E-state index is 11.8. The fourth-order valence-corrected chi connectivity index (χ4v) is 2.25. The molecule has 0 aliphatic heterocycles. The molecule has 0 unspecified atom stereocenters. The van der Waals surface area contributed by atoms with E-state index in [0.717, 1.165) is 0 Å². The number of carbonyl (C=O) groups is 2. The zero-order valence-corrected chi connectivity index (χ0v) is 11.7. The Balaban J connectivity index is 2.87. The average molecular weight is 277 g/mol. The summed E-state index contributed by atoms with van der Waals surface area (Å²) in [5.74, 6) is 0.448. The first kappa shape index (κ1) is 13.9. The van der Waals surface area contributed by atoms with E-state index in [1.54, 1.807) is 23.7 Å². The minimum absolute atomic E-state index is 0.202. The van der Waals surface area contributed by atoms with Crippen molar-refractivity contribution in [3.05, 3.63) is 23.4 Å². The van der Waals surface area contributed by atoms with E-state index in [-0.39, 0.29) is 11.3 Å². The Morgan fingerprint density at radius 2 is 1.75 bits per heavy atom. The van der Waals surface area contributed by atoms with Gasteiger partial charge in [-0.2, -0.15) is 0 Å². The summed E-state index contributed by atoms with van der Waals surface area (Å²) < 4.78 is 16.8. The van der Waals surface area contributed by atoms with Crippen LogP contribution in [0.2, 0.25) is 0 Å². The van der Waals surface area contributed by atoms with Gasteiger partial charge in [-0.05, 0) is 6.07 Å². The molecule has 2 aromatic rings. The van der Waals surface area contributed by atoms with Gasteiger partial charge in [0, 0.05) is 18.5 Å². The molecule has 0 saturated heterocycles. The first-order chi connectivity index (χ1) is 9.58. The van der Waals surface area contributed by atoms with Crippen LogP contribution in [0.1, 0.15) is 20.8 Å². The van der Waals surface area contributed by atoms with Gasteiger partial charge in [0.05, 0.1) is 32.4 Å². The number of ether oxygens (including phenoxy) is 3. The normalized spacial score (nSPS) is 10.4. The molecule has 0 amide bonds. The highest BCUT2D eigenvalue weighted by molar-refractivity contribution is 6.09. The van der Waals surface area contributed by atoms with E-state index in [0.29, 0.717) is 28.7 Å². The summed E-state index contributed by atoms with van der Waals surface area (Å²) in [6.07, 6.45) is 0.639. The van der Waals surface area contributed by atoms with Crippen molar-refractivity contribution in [2.24, 2.45) is 7.05 Å². The topological polar surface area (TPSA) is 66.8 Å². The monoisotopic (exact) mass is 277 g/mol. The molecule has 0 aliphatic rings. The lowest BCUT2D eigenvalue weighted by Gasteiger charge is -2.08. The Morgan fingerprint density at radius 3 is 2.25 bits per heavy atom. The molecule has 2 rings (SSSR count). The highest BCUT2D eigenvalue weighted by Crippen LogP contribution is 2.35. The molecule has 0 N–H and O–H groups in total. The molecule has 0 atom stereocenters. The standard InChI is InChI=1S/C14H15NO5/c1-15-10-6-12(19-3)11(18-2)5-8(10)9(7-16)13(15)14(17)20-4/h5-7H,1-4H3. The van der Waals surface area contributed by atoms with Crippen LogP contribution in [-0.4, -0.2) is 38.2 Å². The minimum Gasteiger partial charge on any atom is -0.493 e. The number of nitrogens with zero attached hydrogens (tertiary/aromatic N) is 1. The maximum absolute atomic E-state index is 11.8. The van der Waals surface area contributed by atoms with Gasteiger partial charge in [0.1, 0.15) is 5.69 Å². The molecule has 1 aromatic heterocycles. The second-order valence-corrected chi connectivity index (χ2v) is 4.16. The highest BCUT2D eigenvalue weighted by Gasteiger charge is 2.23. The van der Waals surface area contributed by atoms with Crippen molar-refractivity contribution in [2.45, 2.75) is 0 Å². The number of hydrogen-bond donors (Lipinski definition) is 0. The first-order valence-electron chi connectivity index (χ1n) is 5.86. The number of aromatic nitrogens is 1. The lowest BCUT2D eigenvalue weighted by Crippen LogP contribution is -2.09. The second kappa shape index (κ2) is 5.24. The predicted octanol–water partition coefficient (Wildman–Crippen LogP) is 1.79. The molecule has 0 bridgehead atoms. The van der Waals surface area contributed by atoms with Crippen molar-refractivity contribution in [3.63, 3.8) is 0 Å². The summed E-state index contributed by atoms with van der Waals surface area (Å²) in [7, 11) is 5.99. The summed E-state index contributed by atoms with van der Waals surface area (Å²) in [6, 6.07) is 3.39. The zero-order valence-electron chi connectivity index (χ0n) is 11.7. The van der Waals surface area contributed by atoms with Gasteiger partial charge in [-0.25, -0.2) is 4.79 Å². The van der Waals surface area contributed by atoms with Crippen LogP contribution < -0.4 is 9.47 Å². The van der Waals surface area contributed by atoms with E-state index in [1.165, 1.54) is 21.3 Å². The van der Waals surface area contributed by atoms with Crippen molar-refractivity contribution in [2.75, 3.05) is 21.3 Å². The van der Waals surface area contributed by atoms with E-state index in [1.807, 2.05) is 0 Å². The summed E-state index contributed by atoms with van der Waals surface area (Å²) >= 11 is 0. The third kappa shape index (κ3) is 1.89. The molecule has 6 heteroatoms. The Kier molecular flexibility index (Phi) is 3.65. The van der Waals surface area contributed by atoms with Gasteiger partial charge in [-0.1, -0.05) is 0 Å². The van der Waals surface area contributed by atoms with Crippen LogP contribution in [0.15, 0.2) is 12.1 Å². The Labute approximate surface area is 115 Å². The lowest BCUT2D eigenvalue weighted by atomic mass is 10.1. The minimum atomic E-state index is -0.566. The molecule has 0 aliphatic carbocycles. The van der Waals surface area contributed by atoms with E-state index in [2.05, 4.69) is 0 Å².